The number of nitrogens with zero attached hydrogens (tertiary/aromatic N) is 2. The number of rotatable bonds is 9. The Kier molecular flexibility index (Phi) is 7.33. The second-order valence-corrected chi connectivity index (χ2v) is 7.98. The molecule has 0 unspecified atom stereocenters. The zero-order valence-electron chi connectivity index (χ0n) is 19.8. The third-order valence-electron chi connectivity index (χ3n) is 5.71. The van der Waals surface area contributed by atoms with Crippen molar-refractivity contribution in [3.8, 4) is 11.5 Å². The number of carbonyl (C=O) groups excluding carboxylic acids is 3. The van der Waals surface area contributed by atoms with Crippen molar-refractivity contribution in [1.29, 1.82) is 0 Å². The summed E-state index contributed by atoms with van der Waals surface area (Å²) in [4.78, 5) is 40.9. The van der Waals surface area contributed by atoms with E-state index in [1.54, 1.807) is 23.1 Å². The number of hydrogen-bond acceptors (Lipinski definition) is 6. The van der Waals surface area contributed by atoms with E-state index in [4.69, 9.17) is 13.9 Å². The molecule has 2 aromatic carbocycles. The second kappa shape index (κ2) is 10.6. The molecule has 0 radical (unpaired) electrons. The molecule has 1 aromatic heterocycles. The van der Waals surface area contributed by atoms with Crippen LogP contribution < -0.4 is 14.4 Å². The molecule has 2 heterocycles. The zero-order chi connectivity index (χ0) is 25.8. The molecule has 2 amide bonds. The standard InChI is InChI=1S/C26H24F2N2O6/c1-3-29(4-2)26(33)24-10-7-18(36-24)13-30-20-11-16(5-8-23(20)35-15-25(30)32)21(31)14-34-22-9-6-17(27)12-19(22)28/h5-12H,3-4,13-15H2,1-2H3. The summed E-state index contributed by atoms with van der Waals surface area (Å²) >= 11 is 0. The largest absolute Gasteiger partial charge is 0.482 e. The molecule has 8 nitrogen and oxygen atoms in total. The van der Waals surface area contributed by atoms with Crippen molar-refractivity contribution in [3.05, 3.63) is 77.2 Å². The van der Waals surface area contributed by atoms with Gasteiger partial charge in [-0.15, -0.1) is 0 Å². The van der Waals surface area contributed by atoms with E-state index in [1.165, 1.54) is 17.0 Å². The van der Waals surface area contributed by atoms with Crippen LogP contribution >= 0.6 is 0 Å². The average Bonchev–Trinajstić information content (AvgIpc) is 3.34. The van der Waals surface area contributed by atoms with Gasteiger partial charge in [0, 0.05) is 24.7 Å². The maximum Gasteiger partial charge on any atom is 0.289 e. The van der Waals surface area contributed by atoms with Gasteiger partial charge < -0.3 is 18.8 Å². The Labute approximate surface area is 206 Å². The van der Waals surface area contributed by atoms with Gasteiger partial charge in [0.1, 0.15) is 17.3 Å². The first-order valence-electron chi connectivity index (χ1n) is 11.4. The van der Waals surface area contributed by atoms with Crippen LogP contribution in [-0.2, 0) is 11.3 Å². The number of halogens is 2. The van der Waals surface area contributed by atoms with Crippen molar-refractivity contribution in [3.63, 3.8) is 0 Å². The molecule has 3 aromatic rings. The Bertz CT molecular complexity index is 1300. The summed E-state index contributed by atoms with van der Waals surface area (Å²) in [7, 11) is 0. The number of carbonyl (C=O) groups is 3. The first kappa shape index (κ1) is 24.9. The highest BCUT2D eigenvalue weighted by atomic mass is 19.1. The Morgan fingerprint density at radius 2 is 1.83 bits per heavy atom. The fourth-order valence-corrected chi connectivity index (χ4v) is 3.77. The van der Waals surface area contributed by atoms with Gasteiger partial charge >= 0.3 is 0 Å². The lowest BCUT2D eigenvalue weighted by Gasteiger charge is -2.29. The van der Waals surface area contributed by atoms with Gasteiger partial charge in [0.05, 0.1) is 12.2 Å². The van der Waals surface area contributed by atoms with Crippen LogP contribution in [0.5, 0.6) is 11.5 Å². The number of ether oxygens (including phenoxy) is 2. The maximum absolute atomic E-state index is 13.8. The Balaban J connectivity index is 1.51. The molecule has 0 fully saturated rings. The fraction of sp³-hybridized carbons (Fsp3) is 0.269. The van der Waals surface area contributed by atoms with Gasteiger partial charge in [0.25, 0.3) is 11.8 Å². The molecule has 0 atom stereocenters. The van der Waals surface area contributed by atoms with Gasteiger partial charge in [-0.25, -0.2) is 8.78 Å². The molecule has 0 N–H and O–H groups in total. The van der Waals surface area contributed by atoms with E-state index >= 15 is 0 Å². The van der Waals surface area contributed by atoms with Gasteiger partial charge in [-0.3, -0.25) is 19.3 Å². The lowest BCUT2D eigenvalue weighted by atomic mass is 10.1. The van der Waals surface area contributed by atoms with Crippen molar-refractivity contribution < 1.29 is 37.1 Å². The van der Waals surface area contributed by atoms with Crippen molar-refractivity contribution in [2.45, 2.75) is 20.4 Å². The van der Waals surface area contributed by atoms with Crippen molar-refractivity contribution in [2.75, 3.05) is 31.2 Å². The predicted octanol–water partition coefficient (Wildman–Crippen LogP) is 4.23. The molecular weight excluding hydrogens is 474 g/mol. The van der Waals surface area contributed by atoms with Gasteiger partial charge in [-0.2, -0.15) is 0 Å². The molecule has 0 bridgehead atoms. The first-order valence-corrected chi connectivity index (χ1v) is 11.4. The van der Waals surface area contributed by atoms with Crippen LogP contribution in [0.2, 0.25) is 0 Å². The lowest BCUT2D eigenvalue weighted by Crippen LogP contribution is -2.38. The van der Waals surface area contributed by atoms with Gasteiger partial charge in [-0.1, -0.05) is 0 Å². The Morgan fingerprint density at radius 3 is 2.56 bits per heavy atom. The monoisotopic (exact) mass is 498 g/mol. The van der Waals surface area contributed by atoms with Crippen molar-refractivity contribution in [2.24, 2.45) is 0 Å². The maximum atomic E-state index is 13.8. The number of hydrogen-bond donors (Lipinski definition) is 0. The highest BCUT2D eigenvalue weighted by Crippen LogP contribution is 2.34. The second-order valence-electron chi connectivity index (χ2n) is 7.98. The van der Waals surface area contributed by atoms with Crippen LogP contribution in [0, 0.1) is 11.6 Å². The third kappa shape index (κ3) is 5.22. The van der Waals surface area contributed by atoms with Crippen LogP contribution in [-0.4, -0.2) is 48.8 Å². The summed E-state index contributed by atoms with van der Waals surface area (Å²) in [6.07, 6.45) is 0. The van der Waals surface area contributed by atoms with Crippen molar-refractivity contribution >= 4 is 23.3 Å². The summed E-state index contributed by atoms with van der Waals surface area (Å²) in [6.45, 7) is 4.15. The zero-order valence-corrected chi connectivity index (χ0v) is 19.8. The van der Waals surface area contributed by atoms with Gasteiger partial charge in [0.15, 0.2) is 36.3 Å². The smallest absolute Gasteiger partial charge is 0.289 e. The minimum Gasteiger partial charge on any atom is -0.482 e. The molecule has 0 saturated carbocycles. The average molecular weight is 498 g/mol. The molecule has 188 valence electrons. The molecule has 4 rings (SSSR count). The van der Waals surface area contributed by atoms with Crippen LogP contribution in [0.4, 0.5) is 14.5 Å². The topological polar surface area (TPSA) is 89.3 Å². The van der Waals surface area contributed by atoms with Crippen molar-refractivity contribution in [1.82, 2.24) is 4.90 Å². The van der Waals surface area contributed by atoms with E-state index in [-0.39, 0.29) is 42.0 Å². The van der Waals surface area contributed by atoms with Crippen LogP contribution in [0.15, 0.2) is 52.9 Å². The quantitative estimate of drug-likeness (QED) is 0.411. The third-order valence-corrected chi connectivity index (χ3v) is 5.71. The fourth-order valence-electron chi connectivity index (χ4n) is 3.77. The summed E-state index contributed by atoms with van der Waals surface area (Å²) in [5, 5.41) is 0. The molecule has 0 saturated heterocycles. The molecule has 0 spiro atoms. The number of amides is 2. The highest BCUT2D eigenvalue weighted by molar-refractivity contribution is 6.02. The predicted molar refractivity (Wildman–Crippen MR) is 125 cm³/mol. The Hall–Kier alpha value is -4.21. The van der Waals surface area contributed by atoms with E-state index in [0.717, 1.165) is 12.1 Å². The van der Waals surface area contributed by atoms with Crippen LogP contribution in [0.3, 0.4) is 0 Å². The molecule has 36 heavy (non-hydrogen) atoms. The summed E-state index contributed by atoms with van der Waals surface area (Å²) in [6, 6.07) is 10.5. The SMILES string of the molecule is CCN(CC)C(=O)c1ccc(CN2C(=O)COc3ccc(C(=O)COc4ccc(F)cc4F)cc32)o1. The number of fused-ring (bicyclic) bond motifs is 1. The highest BCUT2D eigenvalue weighted by Gasteiger charge is 2.28. The van der Waals surface area contributed by atoms with E-state index < -0.39 is 24.0 Å². The number of furan rings is 1. The first-order chi connectivity index (χ1) is 17.3. The van der Waals surface area contributed by atoms with Crippen LogP contribution in [0.1, 0.15) is 40.5 Å². The number of anilines is 1. The minimum atomic E-state index is -0.921. The van der Waals surface area contributed by atoms with E-state index in [1.807, 2.05) is 13.8 Å². The molecule has 1 aliphatic rings. The Morgan fingerprint density at radius 1 is 1.06 bits per heavy atom. The molecule has 0 aliphatic carbocycles. The van der Waals surface area contributed by atoms with E-state index in [0.29, 0.717) is 36.4 Å². The van der Waals surface area contributed by atoms with Gasteiger partial charge in [-0.05, 0) is 56.3 Å². The van der Waals surface area contributed by atoms with E-state index in [2.05, 4.69) is 0 Å². The summed E-state index contributed by atoms with van der Waals surface area (Å²) < 4.78 is 43.3. The number of benzene rings is 2. The summed E-state index contributed by atoms with van der Waals surface area (Å²) in [5.74, 6) is -2.07. The molecule has 10 heteroatoms. The number of ketones is 1. The minimum absolute atomic E-state index is 0.0235. The number of Topliss-reactive ketones (excluding diaryl/α,β-unsaturated/α-hetero) is 1. The normalized spacial score (nSPS) is 12.7. The van der Waals surface area contributed by atoms with Crippen LogP contribution in [0.25, 0.3) is 0 Å². The van der Waals surface area contributed by atoms with E-state index in [9.17, 15) is 23.2 Å². The molecule has 1 aliphatic heterocycles. The lowest BCUT2D eigenvalue weighted by molar-refractivity contribution is -0.121. The van der Waals surface area contributed by atoms with Gasteiger partial charge in [0.2, 0.25) is 0 Å². The molecular formula is C26H24F2N2O6. The summed E-state index contributed by atoms with van der Waals surface area (Å²) in [5.41, 5.74) is 0.550.